The number of nitrogens with one attached hydrogen (secondary N) is 1. The van der Waals surface area contributed by atoms with Gasteiger partial charge < -0.3 is 15.0 Å². The highest BCUT2D eigenvalue weighted by atomic mass is 32.2. The Bertz CT molecular complexity index is 1720. The molecule has 0 fully saturated rings. The van der Waals surface area contributed by atoms with Crippen molar-refractivity contribution in [2.45, 2.75) is 19.8 Å². The zero-order valence-electron chi connectivity index (χ0n) is 21.4. The van der Waals surface area contributed by atoms with Crippen molar-refractivity contribution < 1.29 is 26.7 Å². The molecule has 4 aromatic rings. The van der Waals surface area contributed by atoms with E-state index in [2.05, 4.69) is 4.72 Å². The number of carbonyl (C=O) groups excluding carboxylic acids is 1. The number of anilines is 1. The van der Waals surface area contributed by atoms with Crippen molar-refractivity contribution in [3.8, 4) is 17.5 Å². The molecule has 39 heavy (non-hydrogen) atoms. The summed E-state index contributed by atoms with van der Waals surface area (Å²) < 4.78 is 65.0. The molecule has 0 bridgehead atoms. The average molecular weight is 553 g/mol. The first kappa shape index (κ1) is 27.6. The number of rotatable bonds is 9. The summed E-state index contributed by atoms with van der Waals surface area (Å²) in [5.74, 6) is -4.11. The monoisotopic (exact) mass is 552 g/mol. The van der Waals surface area contributed by atoms with Crippen LogP contribution in [0.5, 0.6) is 5.75 Å². The molecule has 0 aliphatic rings. The molecule has 0 aliphatic carbocycles. The van der Waals surface area contributed by atoms with E-state index in [4.69, 9.17) is 10.5 Å². The second-order valence-electron chi connectivity index (χ2n) is 9.56. The third kappa shape index (κ3) is 6.02. The van der Waals surface area contributed by atoms with Crippen LogP contribution in [0, 0.1) is 17.2 Å². The lowest BCUT2D eigenvalue weighted by Crippen LogP contribution is -2.19. The average Bonchev–Trinajstić information content (AvgIpc) is 3.25. The smallest absolute Gasteiger partial charge is 0.298 e. The summed E-state index contributed by atoms with van der Waals surface area (Å²) in [5.41, 5.74) is 5.65. The van der Waals surface area contributed by atoms with Crippen LogP contribution >= 0.6 is 0 Å². The number of sulfonamides is 1. The number of hydrogen-bond acceptors (Lipinski definition) is 5. The van der Waals surface area contributed by atoms with Gasteiger partial charge in [0.25, 0.3) is 11.8 Å². The number of aromatic nitrogens is 1. The molecule has 0 atom stereocenters. The molecule has 8 nitrogen and oxygen atoms in total. The summed E-state index contributed by atoms with van der Waals surface area (Å²) in [6.45, 7) is 4.07. The summed E-state index contributed by atoms with van der Waals surface area (Å²) in [6.07, 6.45) is 0.996. The molecule has 3 N–H and O–H groups in total. The van der Waals surface area contributed by atoms with E-state index in [9.17, 15) is 18.5 Å². The molecule has 0 aliphatic heterocycles. The maximum atomic E-state index is 15.9. The SMILES string of the molecule is CC(C)COc1cc(-n2c(C(N)=O)cc3ccc(NS(C)(=O)=O)cc32)cc(C(F)(F)c2cccc(C#N)c2)c1. The molecule has 0 saturated carbocycles. The largest absolute Gasteiger partial charge is 0.493 e. The summed E-state index contributed by atoms with van der Waals surface area (Å²) in [7, 11) is -3.61. The van der Waals surface area contributed by atoms with Crippen molar-refractivity contribution in [3.63, 3.8) is 0 Å². The van der Waals surface area contributed by atoms with Gasteiger partial charge in [-0.15, -0.1) is 0 Å². The van der Waals surface area contributed by atoms with Crippen molar-refractivity contribution in [2.24, 2.45) is 11.7 Å². The first-order valence-electron chi connectivity index (χ1n) is 11.9. The Labute approximate surface area is 224 Å². The lowest BCUT2D eigenvalue weighted by Gasteiger charge is -2.21. The fourth-order valence-electron chi connectivity index (χ4n) is 4.13. The van der Waals surface area contributed by atoms with Gasteiger partial charge >= 0.3 is 0 Å². The van der Waals surface area contributed by atoms with Crippen LogP contribution in [0.1, 0.15) is 41.0 Å². The minimum absolute atomic E-state index is 0.00302. The minimum atomic E-state index is -3.61. The second-order valence-corrected chi connectivity index (χ2v) is 11.3. The number of fused-ring (bicyclic) bond motifs is 1. The van der Waals surface area contributed by atoms with Crippen LogP contribution in [0.2, 0.25) is 0 Å². The van der Waals surface area contributed by atoms with Gasteiger partial charge in [-0.3, -0.25) is 9.52 Å². The number of primary amides is 1. The van der Waals surface area contributed by atoms with E-state index in [1.54, 1.807) is 6.07 Å². The number of hydrogen-bond donors (Lipinski definition) is 2. The zero-order chi connectivity index (χ0) is 28.5. The number of amides is 1. The van der Waals surface area contributed by atoms with Crippen LogP contribution in [0.25, 0.3) is 16.6 Å². The van der Waals surface area contributed by atoms with Crippen LogP contribution < -0.4 is 15.2 Å². The number of alkyl halides is 2. The fraction of sp³-hybridized carbons (Fsp3) is 0.214. The lowest BCUT2D eigenvalue weighted by atomic mass is 9.98. The maximum Gasteiger partial charge on any atom is 0.298 e. The molecule has 3 aromatic carbocycles. The van der Waals surface area contributed by atoms with E-state index in [-0.39, 0.29) is 46.5 Å². The highest BCUT2D eigenvalue weighted by Gasteiger charge is 2.35. The topological polar surface area (TPSA) is 127 Å². The molecule has 1 amide bonds. The van der Waals surface area contributed by atoms with E-state index >= 15 is 8.78 Å². The number of carbonyl (C=O) groups is 1. The molecule has 0 unspecified atom stereocenters. The molecule has 0 spiro atoms. The van der Waals surface area contributed by atoms with Gasteiger partial charge in [0.1, 0.15) is 11.4 Å². The number of nitrogens with zero attached hydrogens (tertiary/aromatic N) is 2. The number of halogens is 2. The summed E-state index contributed by atoms with van der Waals surface area (Å²) in [5, 5.41) is 9.74. The van der Waals surface area contributed by atoms with Crippen molar-refractivity contribution in [1.82, 2.24) is 4.57 Å². The highest BCUT2D eigenvalue weighted by molar-refractivity contribution is 7.92. The van der Waals surface area contributed by atoms with Crippen LogP contribution in [0.3, 0.4) is 0 Å². The first-order chi connectivity index (χ1) is 18.3. The standard InChI is InChI=1S/C28H26F2N4O4S/c1-17(2)16-38-24-12-21(28(29,30)20-6-4-5-18(9-20)15-31)11-23(14-24)34-25-13-22(33-39(3,36)37)8-7-19(25)10-26(34)27(32)35/h4-14,17,33H,16H2,1-3H3,(H2,32,35). The molecule has 4 rings (SSSR count). The van der Waals surface area contributed by atoms with E-state index in [1.807, 2.05) is 19.9 Å². The Morgan fingerprint density at radius 2 is 1.85 bits per heavy atom. The zero-order valence-corrected chi connectivity index (χ0v) is 22.2. The van der Waals surface area contributed by atoms with Gasteiger partial charge in [0, 0.05) is 22.6 Å². The molecule has 11 heteroatoms. The van der Waals surface area contributed by atoms with Gasteiger partial charge in [-0.1, -0.05) is 32.0 Å². The van der Waals surface area contributed by atoms with Crippen molar-refractivity contribution in [2.75, 3.05) is 17.6 Å². The normalized spacial score (nSPS) is 11.9. The molecule has 0 saturated heterocycles. The number of benzene rings is 3. The number of nitrogens with two attached hydrogens (primary N) is 1. The molecule has 1 heterocycles. The number of nitriles is 1. The predicted molar refractivity (Wildman–Crippen MR) is 145 cm³/mol. The van der Waals surface area contributed by atoms with Crippen LogP contribution in [0.4, 0.5) is 14.5 Å². The van der Waals surface area contributed by atoms with Crippen LogP contribution in [-0.2, 0) is 15.9 Å². The third-order valence-electron chi connectivity index (χ3n) is 5.81. The van der Waals surface area contributed by atoms with Gasteiger partial charge in [0.2, 0.25) is 10.0 Å². The third-order valence-corrected chi connectivity index (χ3v) is 6.42. The van der Waals surface area contributed by atoms with Crippen molar-refractivity contribution in [1.29, 1.82) is 5.26 Å². The van der Waals surface area contributed by atoms with Crippen LogP contribution in [0.15, 0.2) is 66.7 Å². The summed E-state index contributed by atoms with van der Waals surface area (Å²) in [6, 6.07) is 17.1. The molecule has 1 aromatic heterocycles. The maximum absolute atomic E-state index is 15.9. The van der Waals surface area contributed by atoms with E-state index in [0.29, 0.717) is 10.9 Å². The Balaban J connectivity index is 1.98. The first-order valence-corrected chi connectivity index (χ1v) is 13.8. The van der Waals surface area contributed by atoms with Crippen molar-refractivity contribution >= 4 is 32.5 Å². The summed E-state index contributed by atoms with van der Waals surface area (Å²) in [4.78, 5) is 12.4. The van der Waals surface area contributed by atoms with Gasteiger partial charge in [-0.25, -0.2) is 8.42 Å². The van der Waals surface area contributed by atoms with Gasteiger partial charge in [0.15, 0.2) is 0 Å². The van der Waals surface area contributed by atoms with Crippen molar-refractivity contribution in [3.05, 3.63) is 89.1 Å². The van der Waals surface area contributed by atoms with E-state index in [0.717, 1.165) is 12.3 Å². The quantitative estimate of drug-likeness (QED) is 0.297. The Hall–Kier alpha value is -4.43. The predicted octanol–water partition coefficient (Wildman–Crippen LogP) is 5.15. The number of ether oxygens (including phenoxy) is 1. The summed E-state index contributed by atoms with van der Waals surface area (Å²) >= 11 is 0. The van der Waals surface area contributed by atoms with E-state index in [1.165, 1.54) is 59.2 Å². The minimum Gasteiger partial charge on any atom is -0.493 e. The van der Waals surface area contributed by atoms with Gasteiger partial charge in [-0.2, -0.15) is 14.0 Å². The Kier molecular flexibility index (Phi) is 7.35. The Morgan fingerprint density at radius 3 is 2.49 bits per heavy atom. The van der Waals surface area contributed by atoms with E-state index < -0.39 is 27.4 Å². The van der Waals surface area contributed by atoms with Gasteiger partial charge in [-0.05, 0) is 48.4 Å². The Morgan fingerprint density at radius 1 is 1.10 bits per heavy atom. The fourth-order valence-corrected chi connectivity index (χ4v) is 4.68. The molecular weight excluding hydrogens is 526 g/mol. The molecule has 202 valence electrons. The second kappa shape index (κ2) is 10.4. The molecular formula is C28H26F2N4O4S. The molecule has 0 radical (unpaired) electrons. The highest BCUT2D eigenvalue weighted by Crippen LogP contribution is 2.40. The van der Waals surface area contributed by atoms with Gasteiger partial charge in [0.05, 0.1) is 41.4 Å². The van der Waals surface area contributed by atoms with Crippen LogP contribution in [-0.4, -0.2) is 31.8 Å². The lowest BCUT2D eigenvalue weighted by molar-refractivity contribution is 0.0425.